The Labute approximate surface area is 97.4 Å². The highest BCUT2D eigenvalue weighted by Gasteiger charge is 2.42. The lowest BCUT2D eigenvalue weighted by molar-refractivity contribution is -0.123. The molecular weight excluding hydrogens is 200 g/mol. The molecule has 3 nitrogen and oxygen atoms in total. The summed E-state index contributed by atoms with van der Waals surface area (Å²) in [4.78, 5) is 11.8. The molecule has 90 valence electrons. The molecule has 0 saturated heterocycles. The van der Waals surface area contributed by atoms with Crippen LogP contribution in [0.1, 0.15) is 45.4 Å². The van der Waals surface area contributed by atoms with Gasteiger partial charge in [0.15, 0.2) is 0 Å². The highest BCUT2D eigenvalue weighted by Crippen LogP contribution is 2.44. The van der Waals surface area contributed by atoms with Crippen molar-refractivity contribution >= 4 is 5.91 Å². The van der Waals surface area contributed by atoms with Gasteiger partial charge in [0, 0.05) is 12.1 Å². The Morgan fingerprint density at radius 2 is 1.62 bits per heavy atom. The van der Waals surface area contributed by atoms with Crippen LogP contribution in [-0.4, -0.2) is 24.0 Å². The quantitative estimate of drug-likeness (QED) is 0.714. The standard InChI is InChI=1S/C13H22N2O/c1-8(13(16)15-11-6-7-11)14-12(9-2-3-9)10-4-5-10/h8-12,14H,2-7H2,1H3,(H,15,16). The third-order valence-corrected chi connectivity index (χ3v) is 4.02. The molecule has 3 aliphatic carbocycles. The van der Waals surface area contributed by atoms with E-state index in [0.29, 0.717) is 12.1 Å². The van der Waals surface area contributed by atoms with E-state index in [1.54, 1.807) is 0 Å². The fourth-order valence-electron chi connectivity index (χ4n) is 2.49. The Bertz CT molecular complexity index is 268. The molecule has 3 rings (SSSR count). The number of carbonyl (C=O) groups excluding carboxylic acids is 1. The maximum absolute atomic E-state index is 11.8. The lowest BCUT2D eigenvalue weighted by Gasteiger charge is -2.22. The van der Waals surface area contributed by atoms with Gasteiger partial charge in [0.1, 0.15) is 0 Å². The summed E-state index contributed by atoms with van der Waals surface area (Å²) in [5.74, 6) is 1.93. The van der Waals surface area contributed by atoms with Gasteiger partial charge in [-0.3, -0.25) is 4.79 Å². The van der Waals surface area contributed by atoms with Crippen LogP contribution in [0.2, 0.25) is 0 Å². The molecule has 1 unspecified atom stereocenters. The monoisotopic (exact) mass is 222 g/mol. The normalized spacial score (nSPS) is 26.9. The Morgan fingerprint density at radius 1 is 1.06 bits per heavy atom. The molecule has 0 heterocycles. The number of hydrogen-bond acceptors (Lipinski definition) is 2. The number of nitrogens with one attached hydrogen (secondary N) is 2. The molecule has 0 aliphatic heterocycles. The van der Waals surface area contributed by atoms with E-state index in [-0.39, 0.29) is 11.9 Å². The van der Waals surface area contributed by atoms with Crippen molar-refractivity contribution in [3.05, 3.63) is 0 Å². The van der Waals surface area contributed by atoms with Crippen molar-refractivity contribution in [2.75, 3.05) is 0 Å². The lowest BCUT2D eigenvalue weighted by atomic mass is 10.1. The summed E-state index contributed by atoms with van der Waals surface area (Å²) in [5, 5.41) is 6.64. The van der Waals surface area contributed by atoms with Crippen LogP contribution in [0.4, 0.5) is 0 Å². The third-order valence-electron chi connectivity index (χ3n) is 4.02. The fraction of sp³-hybridized carbons (Fsp3) is 0.923. The van der Waals surface area contributed by atoms with Crippen molar-refractivity contribution in [1.82, 2.24) is 10.6 Å². The van der Waals surface area contributed by atoms with Crippen LogP contribution in [0.25, 0.3) is 0 Å². The number of hydrogen-bond donors (Lipinski definition) is 2. The molecule has 3 heteroatoms. The molecule has 3 fully saturated rings. The topological polar surface area (TPSA) is 41.1 Å². The summed E-state index contributed by atoms with van der Waals surface area (Å²) in [7, 11) is 0. The lowest BCUT2D eigenvalue weighted by Crippen LogP contribution is -2.48. The maximum atomic E-state index is 11.8. The van der Waals surface area contributed by atoms with Gasteiger partial charge in [0.25, 0.3) is 0 Å². The van der Waals surface area contributed by atoms with E-state index in [9.17, 15) is 4.79 Å². The van der Waals surface area contributed by atoms with Crippen molar-refractivity contribution in [3.8, 4) is 0 Å². The van der Waals surface area contributed by atoms with E-state index in [0.717, 1.165) is 11.8 Å². The van der Waals surface area contributed by atoms with Gasteiger partial charge in [-0.25, -0.2) is 0 Å². The minimum atomic E-state index is -0.00759. The van der Waals surface area contributed by atoms with Crippen LogP contribution in [-0.2, 0) is 4.79 Å². The van der Waals surface area contributed by atoms with Gasteiger partial charge < -0.3 is 10.6 Å². The van der Waals surface area contributed by atoms with E-state index in [4.69, 9.17) is 0 Å². The molecule has 1 atom stereocenters. The van der Waals surface area contributed by atoms with Gasteiger partial charge in [-0.15, -0.1) is 0 Å². The highest BCUT2D eigenvalue weighted by molar-refractivity contribution is 5.81. The Kier molecular flexibility index (Phi) is 2.66. The van der Waals surface area contributed by atoms with Crippen LogP contribution < -0.4 is 10.6 Å². The first-order valence-corrected chi connectivity index (χ1v) is 6.80. The summed E-state index contributed by atoms with van der Waals surface area (Å²) >= 11 is 0. The summed E-state index contributed by atoms with van der Waals surface area (Å²) < 4.78 is 0. The zero-order valence-electron chi connectivity index (χ0n) is 10.0. The average molecular weight is 222 g/mol. The zero-order valence-corrected chi connectivity index (χ0v) is 10.0. The molecule has 0 aromatic rings. The van der Waals surface area contributed by atoms with Crippen LogP contribution in [0.15, 0.2) is 0 Å². The molecule has 0 radical (unpaired) electrons. The Hall–Kier alpha value is -0.570. The van der Waals surface area contributed by atoms with E-state index >= 15 is 0 Å². The molecule has 0 aromatic carbocycles. The van der Waals surface area contributed by atoms with Gasteiger partial charge in [-0.1, -0.05) is 0 Å². The predicted molar refractivity (Wildman–Crippen MR) is 63.0 cm³/mol. The van der Waals surface area contributed by atoms with Gasteiger partial charge in [-0.05, 0) is 57.3 Å². The average Bonchev–Trinajstić information content (AvgIpc) is 3.13. The first kappa shape index (κ1) is 10.6. The minimum absolute atomic E-state index is 0.00759. The van der Waals surface area contributed by atoms with Crippen LogP contribution in [0.5, 0.6) is 0 Å². The molecule has 3 aliphatic rings. The second-order valence-corrected chi connectivity index (χ2v) is 5.87. The molecule has 0 aromatic heterocycles. The molecule has 0 spiro atoms. The van der Waals surface area contributed by atoms with Crippen molar-refractivity contribution < 1.29 is 4.79 Å². The SMILES string of the molecule is CC(NC(C1CC1)C1CC1)C(=O)NC1CC1. The van der Waals surface area contributed by atoms with Gasteiger partial charge >= 0.3 is 0 Å². The van der Waals surface area contributed by atoms with Crippen molar-refractivity contribution in [2.45, 2.75) is 63.6 Å². The molecule has 0 bridgehead atoms. The molecule has 3 saturated carbocycles. The second-order valence-electron chi connectivity index (χ2n) is 5.87. The van der Waals surface area contributed by atoms with Crippen molar-refractivity contribution in [3.63, 3.8) is 0 Å². The van der Waals surface area contributed by atoms with Crippen LogP contribution >= 0.6 is 0 Å². The summed E-state index contributed by atoms with van der Waals surface area (Å²) in [6, 6.07) is 1.10. The van der Waals surface area contributed by atoms with Gasteiger partial charge in [-0.2, -0.15) is 0 Å². The van der Waals surface area contributed by atoms with Crippen molar-refractivity contribution in [2.24, 2.45) is 11.8 Å². The third kappa shape index (κ3) is 2.57. The minimum Gasteiger partial charge on any atom is -0.352 e. The summed E-state index contributed by atoms with van der Waals surface area (Å²) in [5.41, 5.74) is 0. The molecule has 16 heavy (non-hydrogen) atoms. The second kappa shape index (κ2) is 4.02. The summed E-state index contributed by atoms with van der Waals surface area (Å²) in [6.45, 7) is 2.01. The molecule has 1 amide bonds. The smallest absolute Gasteiger partial charge is 0.237 e. The zero-order chi connectivity index (χ0) is 11.1. The first-order valence-electron chi connectivity index (χ1n) is 6.80. The number of amides is 1. The van der Waals surface area contributed by atoms with E-state index in [2.05, 4.69) is 10.6 Å². The van der Waals surface area contributed by atoms with Gasteiger partial charge in [0.05, 0.1) is 6.04 Å². The predicted octanol–water partition coefficient (Wildman–Crippen LogP) is 1.43. The number of rotatable bonds is 6. The van der Waals surface area contributed by atoms with E-state index in [1.807, 2.05) is 6.92 Å². The molecular formula is C13H22N2O. The molecule has 2 N–H and O–H groups in total. The summed E-state index contributed by atoms with van der Waals surface area (Å²) in [6.07, 6.45) is 7.81. The van der Waals surface area contributed by atoms with Crippen LogP contribution in [0.3, 0.4) is 0 Å². The Balaban J connectivity index is 1.48. The largest absolute Gasteiger partial charge is 0.352 e. The van der Waals surface area contributed by atoms with E-state index < -0.39 is 0 Å². The maximum Gasteiger partial charge on any atom is 0.237 e. The first-order chi connectivity index (χ1) is 7.74. The Morgan fingerprint density at radius 3 is 2.06 bits per heavy atom. The van der Waals surface area contributed by atoms with Gasteiger partial charge in [0.2, 0.25) is 5.91 Å². The fourth-order valence-corrected chi connectivity index (χ4v) is 2.49. The van der Waals surface area contributed by atoms with Crippen LogP contribution in [0, 0.1) is 11.8 Å². The van der Waals surface area contributed by atoms with Crippen molar-refractivity contribution in [1.29, 1.82) is 0 Å². The van der Waals surface area contributed by atoms with E-state index in [1.165, 1.54) is 38.5 Å². The number of carbonyl (C=O) groups is 1. The highest BCUT2D eigenvalue weighted by atomic mass is 16.2.